The Morgan fingerprint density at radius 3 is 2.50 bits per heavy atom. The number of rotatable bonds is 6. The molecule has 0 unspecified atom stereocenters. The van der Waals surface area contributed by atoms with Gasteiger partial charge in [-0.15, -0.1) is 0 Å². The van der Waals surface area contributed by atoms with Crippen molar-refractivity contribution in [2.45, 2.75) is 20.3 Å². The van der Waals surface area contributed by atoms with Gasteiger partial charge in [-0.2, -0.15) is 0 Å². The van der Waals surface area contributed by atoms with Crippen LogP contribution in [0.25, 0.3) is 0 Å². The quantitative estimate of drug-likeness (QED) is 0.771. The number of nitrogens with zero attached hydrogens (tertiary/aromatic N) is 2. The summed E-state index contributed by atoms with van der Waals surface area (Å²) in [5, 5.41) is 0. The average Bonchev–Trinajstić information content (AvgIpc) is 2.43. The van der Waals surface area contributed by atoms with Crippen molar-refractivity contribution >= 4 is 5.91 Å². The SMILES string of the molecule is CCc1cccc(C(=O)N(C)CCN(C)CC)c1. The second kappa shape index (κ2) is 7.17. The van der Waals surface area contributed by atoms with Gasteiger partial charge in [0.05, 0.1) is 0 Å². The van der Waals surface area contributed by atoms with Crippen molar-refractivity contribution < 1.29 is 4.79 Å². The molecule has 0 fully saturated rings. The second-order valence-corrected chi connectivity index (χ2v) is 4.68. The minimum Gasteiger partial charge on any atom is -0.340 e. The van der Waals surface area contributed by atoms with Crippen molar-refractivity contribution in [3.05, 3.63) is 35.4 Å². The van der Waals surface area contributed by atoms with E-state index in [4.69, 9.17) is 0 Å². The molecule has 0 aliphatic heterocycles. The maximum atomic E-state index is 12.2. The summed E-state index contributed by atoms with van der Waals surface area (Å²) in [7, 11) is 3.93. The zero-order chi connectivity index (χ0) is 13.5. The zero-order valence-corrected chi connectivity index (χ0v) is 11.9. The number of hydrogen-bond donors (Lipinski definition) is 0. The van der Waals surface area contributed by atoms with Crippen LogP contribution in [0.15, 0.2) is 24.3 Å². The first-order chi connectivity index (χ1) is 8.58. The molecule has 0 saturated heterocycles. The van der Waals surface area contributed by atoms with E-state index in [0.29, 0.717) is 0 Å². The van der Waals surface area contributed by atoms with Crippen LogP contribution in [0, 0.1) is 0 Å². The molecule has 3 nitrogen and oxygen atoms in total. The first kappa shape index (κ1) is 14.7. The van der Waals surface area contributed by atoms with Crippen LogP contribution in [0.2, 0.25) is 0 Å². The predicted molar refractivity (Wildman–Crippen MR) is 76.0 cm³/mol. The minimum atomic E-state index is 0.106. The summed E-state index contributed by atoms with van der Waals surface area (Å²) in [6.07, 6.45) is 0.962. The van der Waals surface area contributed by atoms with E-state index in [-0.39, 0.29) is 5.91 Å². The summed E-state index contributed by atoms with van der Waals surface area (Å²) >= 11 is 0. The molecule has 18 heavy (non-hydrogen) atoms. The first-order valence-electron chi connectivity index (χ1n) is 6.61. The van der Waals surface area contributed by atoms with Crippen molar-refractivity contribution in [1.29, 1.82) is 0 Å². The molecule has 0 aromatic heterocycles. The van der Waals surface area contributed by atoms with Crippen LogP contribution in [0.1, 0.15) is 29.8 Å². The van der Waals surface area contributed by atoms with Gasteiger partial charge in [-0.25, -0.2) is 0 Å². The summed E-state index contributed by atoms with van der Waals surface area (Å²) in [6.45, 7) is 6.90. The Labute approximate surface area is 110 Å². The average molecular weight is 248 g/mol. The van der Waals surface area contributed by atoms with Crippen LogP contribution in [-0.4, -0.2) is 49.4 Å². The molecule has 0 spiro atoms. The second-order valence-electron chi connectivity index (χ2n) is 4.68. The van der Waals surface area contributed by atoms with E-state index in [2.05, 4.69) is 31.9 Å². The van der Waals surface area contributed by atoms with Gasteiger partial charge >= 0.3 is 0 Å². The molecule has 0 N–H and O–H groups in total. The van der Waals surface area contributed by atoms with Crippen LogP contribution in [0.5, 0.6) is 0 Å². The van der Waals surface area contributed by atoms with Gasteiger partial charge in [0.2, 0.25) is 0 Å². The first-order valence-corrected chi connectivity index (χ1v) is 6.61. The van der Waals surface area contributed by atoms with E-state index in [0.717, 1.165) is 31.6 Å². The number of hydrogen-bond acceptors (Lipinski definition) is 2. The molecular formula is C15H24N2O. The highest BCUT2D eigenvalue weighted by molar-refractivity contribution is 5.94. The fourth-order valence-corrected chi connectivity index (χ4v) is 1.73. The predicted octanol–water partition coefficient (Wildman–Crippen LogP) is 2.27. The Hall–Kier alpha value is -1.35. The molecule has 0 saturated carbocycles. The molecule has 1 rings (SSSR count). The van der Waals surface area contributed by atoms with Crippen LogP contribution >= 0.6 is 0 Å². The van der Waals surface area contributed by atoms with Crippen molar-refractivity contribution in [3.63, 3.8) is 0 Å². The third kappa shape index (κ3) is 4.15. The molecule has 0 heterocycles. The lowest BCUT2D eigenvalue weighted by Gasteiger charge is -2.21. The van der Waals surface area contributed by atoms with E-state index in [1.54, 1.807) is 4.90 Å². The van der Waals surface area contributed by atoms with E-state index in [1.807, 2.05) is 25.2 Å². The smallest absolute Gasteiger partial charge is 0.253 e. The Morgan fingerprint density at radius 1 is 1.17 bits per heavy atom. The van der Waals surface area contributed by atoms with E-state index < -0.39 is 0 Å². The van der Waals surface area contributed by atoms with Gasteiger partial charge in [0.1, 0.15) is 0 Å². The molecule has 0 bridgehead atoms. The molecule has 1 amide bonds. The van der Waals surface area contributed by atoms with Gasteiger partial charge in [-0.1, -0.05) is 26.0 Å². The number of aryl methyl sites for hydroxylation is 1. The molecule has 0 radical (unpaired) electrons. The molecule has 0 aliphatic rings. The molecule has 100 valence electrons. The fourth-order valence-electron chi connectivity index (χ4n) is 1.73. The summed E-state index contributed by atoms with van der Waals surface area (Å²) in [6, 6.07) is 7.89. The Bertz CT molecular complexity index is 390. The highest BCUT2D eigenvalue weighted by atomic mass is 16.2. The summed E-state index contributed by atoms with van der Waals surface area (Å²) < 4.78 is 0. The highest BCUT2D eigenvalue weighted by Crippen LogP contribution is 2.08. The van der Waals surface area contributed by atoms with Gasteiger partial charge in [0.15, 0.2) is 0 Å². The van der Waals surface area contributed by atoms with Crippen molar-refractivity contribution in [2.24, 2.45) is 0 Å². The molecule has 1 aromatic rings. The van der Waals surface area contributed by atoms with Gasteiger partial charge in [0.25, 0.3) is 5.91 Å². The number of carbonyl (C=O) groups excluding carboxylic acids is 1. The van der Waals surface area contributed by atoms with Gasteiger partial charge < -0.3 is 9.80 Å². The highest BCUT2D eigenvalue weighted by Gasteiger charge is 2.11. The fraction of sp³-hybridized carbons (Fsp3) is 0.533. The third-order valence-corrected chi connectivity index (χ3v) is 3.29. The van der Waals surface area contributed by atoms with E-state index in [1.165, 1.54) is 5.56 Å². The molecule has 3 heteroatoms. The number of amides is 1. The Balaban J connectivity index is 2.62. The number of likely N-dealkylation sites (N-methyl/N-ethyl adjacent to an activating group) is 2. The normalized spacial score (nSPS) is 10.7. The maximum absolute atomic E-state index is 12.2. The maximum Gasteiger partial charge on any atom is 0.253 e. The lowest BCUT2D eigenvalue weighted by molar-refractivity contribution is 0.0783. The third-order valence-electron chi connectivity index (χ3n) is 3.29. The minimum absolute atomic E-state index is 0.106. The summed E-state index contributed by atoms with van der Waals surface area (Å²) in [5.74, 6) is 0.106. The van der Waals surface area contributed by atoms with Gasteiger partial charge in [-0.3, -0.25) is 4.79 Å². The van der Waals surface area contributed by atoms with Crippen LogP contribution in [-0.2, 0) is 6.42 Å². The molecule has 0 atom stereocenters. The Kier molecular flexibility index (Phi) is 5.86. The van der Waals surface area contributed by atoms with Gasteiger partial charge in [-0.05, 0) is 37.7 Å². The lowest BCUT2D eigenvalue weighted by atomic mass is 10.1. The standard InChI is InChI=1S/C15H24N2O/c1-5-13-8-7-9-14(12-13)15(18)17(4)11-10-16(3)6-2/h7-9,12H,5-6,10-11H2,1-4H3. The van der Waals surface area contributed by atoms with Gasteiger partial charge in [0, 0.05) is 25.7 Å². The monoisotopic (exact) mass is 248 g/mol. The number of carbonyl (C=O) groups is 1. The largest absolute Gasteiger partial charge is 0.340 e. The molecule has 1 aromatic carbocycles. The van der Waals surface area contributed by atoms with Crippen molar-refractivity contribution in [1.82, 2.24) is 9.80 Å². The summed E-state index contributed by atoms with van der Waals surface area (Å²) in [4.78, 5) is 16.2. The number of benzene rings is 1. The van der Waals surface area contributed by atoms with Crippen LogP contribution < -0.4 is 0 Å². The van der Waals surface area contributed by atoms with Crippen molar-refractivity contribution in [3.8, 4) is 0 Å². The van der Waals surface area contributed by atoms with E-state index in [9.17, 15) is 4.79 Å². The molecule has 0 aliphatic carbocycles. The molecular weight excluding hydrogens is 224 g/mol. The lowest BCUT2D eigenvalue weighted by Crippen LogP contribution is -2.34. The zero-order valence-electron chi connectivity index (χ0n) is 11.9. The summed E-state index contributed by atoms with van der Waals surface area (Å²) in [5.41, 5.74) is 2.00. The topological polar surface area (TPSA) is 23.6 Å². The van der Waals surface area contributed by atoms with Crippen LogP contribution in [0.3, 0.4) is 0 Å². The Morgan fingerprint density at radius 2 is 1.89 bits per heavy atom. The van der Waals surface area contributed by atoms with E-state index >= 15 is 0 Å². The van der Waals surface area contributed by atoms with Crippen molar-refractivity contribution in [2.75, 3.05) is 33.7 Å². The van der Waals surface area contributed by atoms with Crippen LogP contribution in [0.4, 0.5) is 0 Å².